The zero-order valence-corrected chi connectivity index (χ0v) is 8.74. The van der Waals surface area contributed by atoms with Crippen LogP contribution < -0.4 is 0 Å². The van der Waals surface area contributed by atoms with Crippen molar-refractivity contribution in [1.82, 2.24) is 9.97 Å². The summed E-state index contributed by atoms with van der Waals surface area (Å²) in [6, 6.07) is 10.3. The van der Waals surface area contributed by atoms with E-state index in [4.69, 9.17) is 0 Å². The largest absolute Gasteiger partial charge is 0.338 e. The number of hydrogen-bond donors (Lipinski definition) is 1. The van der Waals surface area contributed by atoms with E-state index in [1.165, 1.54) is 24.3 Å². The Morgan fingerprint density at radius 2 is 1.59 bits per heavy atom. The number of H-pyrrole nitrogens is 1. The van der Waals surface area contributed by atoms with Crippen LogP contribution >= 0.6 is 0 Å². The third-order valence-electron chi connectivity index (χ3n) is 2.56. The Labute approximate surface area is 95.9 Å². The second-order valence-electron chi connectivity index (χ2n) is 3.75. The molecule has 1 heterocycles. The SMILES string of the molecule is Fc1ccc(-c2nc3cc(F)ccc3[nH]2)cc1. The molecule has 0 saturated heterocycles. The summed E-state index contributed by atoms with van der Waals surface area (Å²) in [6.45, 7) is 0. The number of imidazole rings is 1. The first-order valence-electron chi connectivity index (χ1n) is 5.13. The summed E-state index contributed by atoms with van der Waals surface area (Å²) in [5.74, 6) is -0.0174. The van der Waals surface area contributed by atoms with Gasteiger partial charge in [0.25, 0.3) is 0 Å². The first-order valence-corrected chi connectivity index (χ1v) is 5.13. The van der Waals surface area contributed by atoms with Crippen molar-refractivity contribution in [2.45, 2.75) is 0 Å². The Morgan fingerprint density at radius 1 is 0.882 bits per heavy atom. The van der Waals surface area contributed by atoms with E-state index >= 15 is 0 Å². The minimum Gasteiger partial charge on any atom is -0.338 e. The number of benzene rings is 2. The summed E-state index contributed by atoms with van der Waals surface area (Å²) in [5.41, 5.74) is 2.08. The molecule has 0 fully saturated rings. The zero-order chi connectivity index (χ0) is 11.8. The molecule has 0 aliphatic heterocycles. The van der Waals surface area contributed by atoms with Crippen LogP contribution in [0.5, 0.6) is 0 Å². The summed E-state index contributed by atoms with van der Waals surface area (Å²) in [4.78, 5) is 7.31. The van der Waals surface area contributed by atoms with Gasteiger partial charge in [-0.25, -0.2) is 13.8 Å². The number of aromatic amines is 1. The highest BCUT2D eigenvalue weighted by atomic mass is 19.1. The molecule has 4 heteroatoms. The average molecular weight is 230 g/mol. The molecule has 1 aromatic heterocycles. The van der Waals surface area contributed by atoms with Gasteiger partial charge in [0.1, 0.15) is 17.5 Å². The number of hydrogen-bond acceptors (Lipinski definition) is 1. The standard InChI is InChI=1S/C13H8F2N2/c14-9-3-1-8(2-4-9)13-16-11-6-5-10(15)7-12(11)17-13/h1-7H,(H,16,17). The maximum Gasteiger partial charge on any atom is 0.138 e. The molecule has 84 valence electrons. The van der Waals surface area contributed by atoms with Gasteiger partial charge in [0.2, 0.25) is 0 Å². The molecule has 0 spiro atoms. The molecule has 0 amide bonds. The average Bonchev–Trinajstić information content (AvgIpc) is 2.72. The molecule has 0 radical (unpaired) electrons. The molecule has 3 aromatic rings. The molecule has 1 N–H and O–H groups in total. The summed E-state index contributed by atoms with van der Waals surface area (Å²) in [7, 11) is 0. The Balaban J connectivity index is 2.14. The van der Waals surface area contributed by atoms with Crippen molar-refractivity contribution in [3.63, 3.8) is 0 Å². The van der Waals surface area contributed by atoms with Crippen LogP contribution in [0.1, 0.15) is 0 Å². The Bertz CT molecular complexity index is 671. The van der Waals surface area contributed by atoms with Crippen LogP contribution in [-0.4, -0.2) is 9.97 Å². The van der Waals surface area contributed by atoms with Crippen molar-refractivity contribution >= 4 is 11.0 Å². The van der Waals surface area contributed by atoms with Crippen molar-refractivity contribution in [2.75, 3.05) is 0 Å². The molecular weight excluding hydrogens is 222 g/mol. The Hall–Kier alpha value is -2.23. The number of halogens is 2. The van der Waals surface area contributed by atoms with E-state index in [0.717, 1.165) is 11.1 Å². The number of fused-ring (bicyclic) bond motifs is 1. The van der Waals surface area contributed by atoms with Crippen LogP contribution in [0.25, 0.3) is 22.4 Å². The molecule has 0 saturated carbocycles. The normalized spacial score (nSPS) is 10.9. The van der Waals surface area contributed by atoms with E-state index < -0.39 is 0 Å². The van der Waals surface area contributed by atoms with Crippen molar-refractivity contribution < 1.29 is 8.78 Å². The molecule has 0 aliphatic carbocycles. The fraction of sp³-hybridized carbons (Fsp3) is 0. The van der Waals surface area contributed by atoms with Crippen molar-refractivity contribution in [1.29, 1.82) is 0 Å². The molecule has 2 aromatic carbocycles. The molecule has 0 atom stereocenters. The first kappa shape index (κ1) is 9.96. The second kappa shape index (κ2) is 3.66. The third kappa shape index (κ3) is 1.78. The minimum absolute atomic E-state index is 0.295. The monoisotopic (exact) mass is 230 g/mol. The molecule has 17 heavy (non-hydrogen) atoms. The van der Waals surface area contributed by atoms with Gasteiger partial charge in [0.15, 0.2) is 0 Å². The maximum atomic E-state index is 13.0. The van der Waals surface area contributed by atoms with E-state index in [1.54, 1.807) is 18.2 Å². The third-order valence-corrected chi connectivity index (χ3v) is 2.56. The van der Waals surface area contributed by atoms with E-state index in [9.17, 15) is 8.78 Å². The minimum atomic E-state index is -0.324. The summed E-state index contributed by atoms with van der Waals surface area (Å²) >= 11 is 0. The van der Waals surface area contributed by atoms with E-state index in [1.807, 2.05) is 0 Å². The van der Waals surface area contributed by atoms with Gasteiger partial charge < -0.3 is 4.98 Å². The molecule has 0 unspecified atom stereocenters. The zero-order valence-electron chi connectivity index (χ0n) is 8.74. The predicted molar refractivity (Wildman–Crippen MR) is 61.4 cm³/mol. The lowest BCUT2D eigenvalue weighted by Crippen LogP contribution is -1.80. The highest BCUT2D eigenvalue weighted by molar-refractivity contribution is 5.79. The van der Waals surface area contributed by atoms with Crippen LogP contribution in [0, 0.1) is 11.6 Å². The van der Waals surface area contributed by atoms with Gasteiger partial charge in [-0.15, -0.1) is 0 Å². The second-order valence-corrected chi connectivity index (χ2v) is 3.75. The topological polar surface area (TPSA) is 28.7 Å². The van der Waals surface area contributed by atoms with Crippen molar-refractivity contribution in [2.24, 2.45) is 0 Å². The van der Waals surface area contributed by atoms with Gasteiger partial charge in [-0.3, -0.25) is 0 Å². The van der Waals surface area contributed by atoms with Crippen LogP contribution in [0.4, 0.5) is 8.78 Å². The van der Waals surface area contributed by atoms with Gasteiger partial charge >= 0.3 is 0 Å². The highest BCUT2D eigenvalue weighted by Gasteiger charge is 2.05. The summed E-state index contributed by atoms with van der Waals surface area (Å²) in [6.07, 6.45) is 0. The lowest BCUT2D eigenvalue weighted by atomic mass is 10.2. The fourth-order valence-electron chi connectivity index (χ4n) is 1.72. The van der Waals surface area contributed by atoms with E-state index in [-0.39, 0.29) is 11.6 Å². The van der Waals surface area contributed by atoms with E-state index in [0.29, 0.717) is 11.3 Å². The summed E-state index contributed by atoms with van der Waals surface area (Å²) in [5, 5.41) is 0. The van der Waals surface area contributed by atoms with Crippen LogP contribution in [0.15, 0.2) is 42.5 Å². The number of aromatic nitrogens is 2. The van der Waals surface area contributed by atoms with Crippen LogP contribution in [-0.2, 0) is 0 Å². The Kier molecular flexibility index (Phi) is 2.14. The van der Waals surface area contributed by atoms with Crippen molar-refractivity contribution in [3.8, 4) is 11.4 Å². The smallest absolute Gasteiger partial charge is 0.138 e. The van der Waals surface area contributed by atoms with Gasteiger partial charge in [-0.1, -0.05) is 0 Å². The summed E-state index contributed by atoms with van der Waals surface area (Å²) < 4.78 is 25.8. The van der Waals surface area contributed by atoms with Crippen molar-refractivity contribution in [3.05, 3.63) is 54.1 Å². The number of nitrogens with one attached hydrogen (secondary N) is 1. The van der Waals surface area contributed by atoms with Gasteiger partial charge in [-0.2, -0.15) is 0 Å². The van der Waals surface area contributed by atoms with Crippen LogP contribution in [0.2, 0.25) is 0 Å². The lowest BCUT2D eigenvalue weighted by Gasteiger charge is -1.94. The molecule has 0 bridgehead atoms. The molecule has 3 rings (SSSR count). The quantitative estimate of drug-likeness (QED) is 0.680. The van der Waals surface area contributed by atoms with E-state index in [2.05, 4.69) is 9.97 Å². The number of rotatable bonds is 1. The van der Waals surface area contributed by atoms with Gasteiger partial charge in [0, 0.05) is 11.6 Å². The molecule has 2 nitrogen and oxygen atoms in total. The lowest BCUT2D eigenvalue weighted by molar-refractivity contribution is 0.628. The molecule has 0 aliphatic rings. The fourth-order valence-corrected chi connectivity index (χ4v) is 1.72. The first-order chi connectivity index (χ1) is 8.22. The number of nitrogens with zero attached hydrogens (tertiary/aromatic N) is 1. The predicted octanol–water partition coefficient (Wildman–Crippen LogP) is 3.51. The maximum absolute atomic E-state index is 13.0. The molecular formula is C13H8F2N2. The van der Waals surface area contributed by atoms with Gasteiger partial charge in [-0.05, 0) is 36.4 Å². The Morgan fingerprint density at radius 3 is 2.35 bits per heavy atom. The van der Waals surface area contributed by atoms with Gasteiger partial charge in [0.05, 0.1) is 11.0 Å². The van der Waals surface area contributed by atoms with Crippen LogP contribution in [0.3, 0.4) is 0 Å². The highest BCUT2D eigenvalue weighted by Crippen LogP contribution is 2.21.